The van der Waals surface area contributed by atoms with E-state index in [4.69, 9.17) is 28.4 Å². The second-order valence-electron chi connectivity index (χ2n) is 9.48. The summed E-state index contributed by atoms with van der Waals surface area (Å²) >= 11 is 0. The molecule has 12 nitrogen and oxygen atoms in total. The quantitative estimate of drug-likeness (QED) is 0.197. The summed E-state index contributed by atoms with van der Waals surface area (Å²) in [7, 11) is 1.13. The van der Waals surface area contributed by atoms with Crippen molar-refractivity contribution in [3.05, 3.63) is 35.5 Å². The molecule has 0 N–H and O–H groups in total. The molecule has 1 heterocycles. The van der Waals surface area contributed by atoms with Crippen LogP contribution in [-0.2, 0) is 57.2 Å². The number of hydrogen-bond donors (Lipinski definition) is 0. The van der Waals surface area contributed by atoms with E-state index >= 15 is 0 Å². The highest BCUT2D eigenvalue weighted by Crippen LogP contribution is 2.39. The molecule has 0 aromatic rings. The van der Waals surface area contributed by atoms with E-state index in [1.54, 1.807) is 13.0 Å². The Balaban J connectivity index is 2.76. The number of carbonyl (C=O) groups excluding carboxylic acids is 6. The van der Waals surface area contributed by atoms with E-state index in [1.807, 2.05) is 0 Å². The van der Waals surface area contributed by atoms with Crippen molar-refractivity contribution in [1.82, 2.24) is 0 Å². The predicted molar refractivity (Wildman–Crippen MR) is 132 cm³/mol. The van der Waals surface area contributed by atoms with Crippen molar-refractivity contribution in [2.24, 2.45) is 5.92 Å². The first kappa shape index (κ1) is 31.3. The molecule has 0 amide bonds. The molecule has 0 saturated carbocycles. The zero-order chi connectivity index (χ0) is 29.7. The van der Waals surface area contributed by atoms with Gasteiger partial charge in [0.05, 0.1) is 18.6 Å². The highest BCUT2D eigenvalue weighted by Gasteiger charge is 2.54. The van der Waals surface area contributed by atoms with E-state index in [0.717, 1.165) is 33.5 Å². The fraction of sp³-hybridized carbons (Fsp3) is 0.556. The molecule has 214 valence electrons. The molecule has 1 aliphatic heterocycles. The molecule has 0 radical (unpaired) electrons. The number of ether oxygens (including phenoxy) is 6. The number of allylic oxidation sites excluding steroid dienone is 2. The zero-order valence-corrected chi connectivity index (χ0v) is 23.1. The average molecular weight is 551 g/mol. The van der Waals surface area contributed by atoms with Crippen LogP contribution in [0.25, 0.3) is 0 Å². The summed E-state index contributed by atoms with van der Waals surface area (Å²) in [6.07, 6.45) is -1.55. The summed E-state index contributed by atoms with van der Waals surface area (Å²) in [6, 6.07) is 0. The molecular formula is C27H34O12. The third kappa shape index (κ3) is 7.33. The van der Waals surface area contributed by atoms with Gasteiger partial charge < -0.3 is 28.4 Å². The number of esters is 6. The molecular weight excluding hydrogens is 516 g/mol. The van der Waals surface area contributed by atoms with Gasteiger partial charge in [0.25, 0.3) is 0 Å². The van der Waals surface area contributed by atoms with Gasteiger partial charge in [-0.15, -0.1) is 0 Å². The topological polar surface area (TPSA) is 158 Å². The van der Waals surface area contributed by atoms with E-state index in [-0.39, 0.29) is 11.1 Å². The first-order valence-electron chi connectivity index (χ1n) is 12.2. The Labute approximate surface area is 226 Å². The molecule has 0 aromatic heterocycles. The molecule has 0 unspecified atom stereocenters. The van der Waals surface area contributed by atoms with E-state index in [9.17, 15) is 28.8 Å². The number of hydrogen-bond acceptors (Lipinski definition) is 12. The van der Waals surface area contributed by atoms with Crippen molar-refractivity contribution in [3.8, 4) is 0 Å². The predicted octanol–water partition coefficient (Wildman–Crippen LogP) is 2.04. The van der Waals surface area contributed by atoms with Gasteiger partial charge >= 0.3 is 35.8 Å². The molecule has 0 aromatic carbocycles. The van der Waals surface area contributed by atoms with Crippen molar-refractivity contribution >= 4 is 35.8 Å². The third-order valence-corrected chi connectivity index (χ3v) is 6.41. The zero-order valence-electron chi connectivity index (χ0n) is 23.1. The van der Waals surface area contributed by atoms with E-state index in [1.165, 1.54) is 19.9 Å². The fourth-order valence-electron chi connectivity index (χ4n) is 4.38. The minimum Gasteiger partial charge on any atom is -0.466 e. The van der Waals surface area contributed by atoms with Crippen LogP contribution < -0.4 is 0 Å². The Morgan fingerprint density at radius 3 is 2.26 bits per heavy atom. The van der Waals surface area contributed by atoms with Gasteiger partial charge in [-0.1, -0.05) is 18.2 Å². The van der Waals surface area contributed by atoms with Gasteiger partial charge in [0.2, 0.25) is 5.60 Å². The lowest BCUT2D eigenvalue weighted by atomic mass is 9.83. The van der Waals surface area contributed by atoms with Gasteiger partial charge in [0.15, 0.2) is 12.2 Å². The van der Waals surface area contributed by atoms with Crippen LogP contribution in [0.1, 0.15) is 54.4 Å². The summed E-state index contributed by atoms with van der Waals surface area (Å²) in [5.74, 6) is -6.46. The van der Waals surface area contributed by atoms with Crippen LogP contribution in [0.4, 0.5) is 0 Å². The van der Waals surface area contributed by atoms with E-state index < -0.39 is 71.8 Å². The maximum Gasteiger partial charge on any atom is 0.354 e. The first-order chi connectivity index (χ1) is 18.1. The van der Waals surface area contributed by atoms with Crippen LogP contribution in [-0.4, -0.2) is 72.9 Å². The number of carbonyl (C=O) groups is 6. The van der Waals surface area contributed by atoms with Gasteiger partial charge in [-0.2, -0.15) is 0 Å². The maximum absolute atomic E-state index is 13.7. The van der Waals surface area contributed by atoms with E-state index in [0.29, 0.717) is 12.8 Å². The van der Waals surface area contributed by atoms with E-state index in [2.05, 4.69) is 6.58 Å². The lowest BCUT2D eigenvalue weighted by molar-refractivity contribution is -0.206. The van der Waals surface area contributed by atoms with Crippen LogP contribution in [0.3, 0.4) is 0 Å². The third-order valence-electron chi connectivity index (χ3n) is 6.41. The molecule has 39 heavy (non-hydrogen) atoms. The Morgan fingerprint density at radius 2 is 1.72 bits per heavy atom. The lowest BCUT2D eigenvalue weighted by Crippen LogP contribution is -2.55. The SMILES string of the molecule is C=C1C(=O)O[C@@H]2/C=C(\C)CC/C=C(/C(=O)OC)[C@H](OC(C)=O)[C@@H](OC(=O)[C@@](C)(OC(C)=O)[C@H](C)OC(C)=O)[C@@H]12. The van der Waals surface area contributed by atoms with Gasteiger partial charge in [-0.3, -0.25) is 14.4 Å². The summed E-state index contributed by atoms with van der Waals surface area (Å²) in [5.41, 5.74) is -1.62. The highest BCUT2D eigenvalue weighted by atomic mass is 16.6. The minimum atomic E-state index is -2.17. The van der Waals surface area contributed by atoms with Gasteiger partial charge in [-0.25, -0.2) is 14.4 Å². The second-order valence-corrected chi connectivity index (χ2v) is 9.48. The standard InChI is InChI=1S/C27H34O12/c1-13-10-9-11-19(25(32)34-8)22(36-17(5)29)23(21-14(2)24(31)37-20(21)12-13)38-26(33)27(7,39-18(6)30)15(3)35-16(4)28/h11-12,15,20-23H,2,9-10H2,1,3-8H3/b13-12+,19-11+/t15-,20+,21-,22-,23-,27-/m0/s1. The summed E-state index contributed by atoms with van der Waals surface area (Å²) in [6.45, 7) is 11.3. The molecule has 12 heteroatoms. The van der Waals surface area contributed by atoms with Crippen LogP contribution in [0.2, 0.25) is 0 Å². The number of fused-ring (bicyclic) bond motifs is 1. The van der Waals surface area contributed by atoms with Crippen LogP contribution in [0.15, 0.2) is 35.5 Å². The van der Waals surface area contributed by atoms with Crippen molar-refractivity contribution in [2.75, 3.05) is 7.11 Å². The molecule has 2 aliphatic rings. The Morgan fingerprint density at radius 1 is 1.08 bits per heavy atom. The van der Waals surface area contributed by atoms with Crippen molar-refractivity contribution in [1.29, 1.82) is 0 Å². The van der Waals surface area contributed by atoms with Gasteiger partial charge in [-0.05, 0) is 39.7 Å². The molecule has 1 aliphatic carbocycles. The van der Waals surface area contributed by atoms with Crippen molar-refractivity contribution in [3.63, 3.8) is 0 Å². The molecule has 2 rings (SSSR count). The maximum atomic E-state index is 13.7. The summed E-state index contributed by atoms with van der Waals surface area (Å²) < 4.78 is 32.1. The van der Waals surface area contributed by atoms with Crippen molar-refractivity contribution in [2.45, 2.75) is 84.4 Å². The van der Waals surface area contributed by atoms with Gasteiger partial charge in [0, 0.05) is 26.3 Å². The molecule has 1 fully saturated rings. The Bertz CT molecular complexity index is 1120. The minimum absolute atomic E-state index is 0.106. The first-order valence-corrected chi connectivity index (χ1v) is 12.2. The summed E-state index contributed by atoms with van der Waals surface area (Å²) in [4.78, 5) is 75.0. The van der Waals surface area contributed by atoms with Crippen LogP contribution in [0, 0.1) is 5.92 Å². The highest BCUT2D eigenvalue weighted by molar-refractivity contribution is 5.93. The second kappa shape index (κ2) is 12.7. The lowest BCUT2D eigenvalue weighted by Gasteiger charge is -2.37. The normalized spacial score (nSPS) is 28.0. The molecule has 0 spiro atoms. The van der Waals surface area contributed by atoms with Crippen molar-refractivity contribution < 1.29 is 57.2 Å². The molecule has 0 bridgehead atoms. The largest absolute Gasteiger partial charge is 0.466 e. The van der Waals surface area contributed by atoms with Crippen LogP contribution >= 0.6 is 0 Å². The number of rotatable bonds is 7. The Hall–Kier alpha value is -3.96. The Kier molecular flexibility index (Phi) is 10.2. The molecule has 6 atom stereocenters. The smallest absolute Gasteiger partial charge is 0.354 e. The molecule has 1 saturated heterocycles. The fourth-order valence-corrected chi connectivity index (χ4v) is 4.38. The number of methoxy groups -OCH3 is 1. The monoisotopic (exact) mass is 550 g/mol. The summed E-state index contributed by atoms with van der Waals surface area (Å²) in [5, 5.41) is 0. The van der Waals surface area contributed by atoms with Crippen LogP contribution in [0.5, 0.6) is 0 Å². The average Bonchev–Trinajstić information content (AvgIpc) is 3.09. The van der Waals surface area contributed by atoms with Gasteiger partial charge in [0.1, 0.15) is 12.2 Å².